The Morgan fingerprint density at radius 3 is 3.08 bits per heavy atom. The molecule has 6 nitrogen and oxygen atoms in total. The predicted molar refractivity (Wildman–Crippen MR) is 83.5 cm³/mol. The van der Waals surface area contributed by atoms with Gasteiger partial charge in [0.15, 0.2) is 5.76 Å². The number of hydrogen-bond acceptors (Lipinski definition) is 5. The maximum atomic E-state index is 13.7. The quantitative estimate of drug-likeness (QED) is 0.841. The van der Waals surface area contributed by atoms with Crippen LogP contribution in [0.2, 0.25) is 0 Å². The third kappa shape index (κ3) is 4.39. The second kappa shape index (κ2) is 8.03. The highest BCUT2D eigenvalue weighted by molar-refractivity contribution is 5.77. The van der Waals surface area contributed by atoms with E-state index in [9.17, 15) is 9.18 Å². The van der Waals surface area contributed by atoms with Crippen molar-refractivity contribution in [3.63, 3.8) is 0 Å². The van der Waals surface area contributed by atoms with E-state index in [-0.39, 0.29) is 31.0 Å². The molecule has 1 fully saturated rings. The number of benzene rings is 1. The number of rotatable bonds is 7. The van der Waals surface area contributed by atoms with E-state index in [1.807, 2.05) is 0 Å². The summed E-state index contributed by atoms with van der Waals surface area (Å²) >= 11 is 0. The molecule has 2 aromatic rings. The molecule has 0 saturated carbocycles. The van der Waals surface area contributed by atoms with E-state index in [0.29, 0.717) is 23.6 Å². The van der Waals surface area contributed by atoms with Gasteiger partial charge in [0, 0.05) is 18.2 Å². The zero-order valence-electron chi connectivity index (χ0n) is 13.2. The first-order chi connectivity index (χ1) is 11.7. The zero-order valence-corrected chi connectivity index (χ0v) is 13.2. The third-order valence-corrected chi connectivity index (χ3v) is 3.73. The summed E-state index contributed by atoms with van der Waals surface area (Å²) in [6.07, 6.45) is 2.10. The van der Waals surface area contributed by atoms with Crippen LogP contribution in [0, 0.1) is 5.82 Å². The average molecular weight is 334 g/mol. The topological polar surface area (TPSA) is 73.6 Å². The molecule has 24 heavy (non-hydrogen) atoms. The van der Waals surface area contributed by atoms with E-state index in [2.05, 4.69) is 10.5 Å². The Hall–Kier alpha value is -2.25. The molecule has 0 spiro atoms. The van der Waals surface area contributed by atoms with E-state index in [0.717, 1.165) is 19.4 Å². The van der Waals surface area contributed by atoms with Crippen molar-refractivity contribution in [1.29, 1.82) is 0 Å². The fourth-order valence-electron chi connectivity index (χ4n) is 2.49. The van der Waals surface area contributed by atoms with Gasteiger partial charge >= 0.3 is 0 Å². The lowest BCUT2D eigenvalue weighted by Gasteiger charge is -2.09. The summed E-state index contributed by atoms with van der Waals surface area (Å²) in [5.74, 6) is -0.179. The molecule has 0 radical (unpaired) electrons. The maximum Gasteiger partial charge on any atom is 0.246 e. The van der Waals surface area contributed by atoms with E-state index >= 15 is 0 Å². The molecular formula is C17H19FN2O4. The highest BCUT2D eigenvalue weighted by atomic mass is 19.1. The highest BCUT2D eigenvalue weighted by Gasteiger charge is 2.16. The molecule has 1 atom stereocenters. The lowest BCUT2D eigenvalue weighted by atomic mass is 10.1. The Morgan fingerprint density at radius 2 is 2.29 bits per heavy atom. The molecule has 128 valence electrons. The standard InChI is InChI=1S/C17H19FN2O4/c18-15-6-2-1-5-14(15)16-8-13(24-20-16)9-19-17(21)11-22-10-12-4-3-7-23-12/h1-2,5-6,8,12H,3-4,7,9-11H2,(H,19,21)/t12-/m1/s1. The van der Waals surface area contributed by atoms with Crippen molar-refractivity contribution in [2.75, 3.05) is 19.8 Å². The lowest BCUT2D eigenvalue weighted by molar-refractivity contribution is -0.127. The summed E-state index contributed by atoms with van der Waals surface area (Å²) in [7, 11) is 0. The van der Waals surface area contributed by atoms with Gasteiger partial charge in [0.05, 0.1) is 19.3 Å². The molecule has 0 bridgehead atoms. The van der Waals surface area contributed by atoms with Gasteiger partial charge < -0.3 is 19.3 Å². The van der Waals surface area contributed by atoms with Crippen LogP contribution in [0.1, 0.15) is 18.6 Å². The maximum absolute atomic E-state index is 13.7. The number of carbonyl (C=O) groups is 1. The monoisotopic (exact) mass is 334 g/mol. The second-order valence-electron chi connectivity index (χ2n) is 5.59. The number of carbonyl (C=O) groups excluding carboxylic acids is 1. The molecule has 0 aliphatic carbocycles. The summed E-state index contributed by atoms with van der Waals surface area (Å²) in [5.41, 5.74) is 0.755. The number of hydrogen-bond donors (Lipinski definition) is 1. The van der Waals surface area contributed by atoms with Gasteiger partial charge in [-0.05, 0) is 25.0 Å². The molecule has 1 aliphatic heterocycles. The predicted octanol–water partition coefficient (Wildman–Crippen LogP) is 2.29. The smallest absolute Gasteiger partial charge is 0.246 e. The first-order valence-corrected chi connectivity index (χ1v) is 7.89. The lowest BCUT2D eigenvalue weighted by Crippen LogP contribution is -2.28. The van der Waals surface area contributed by atoms with Crippen LogP contribution in [-0.4, -0.2) is 37.0 Å². The Bertz CT molecular complexity index is 683. The Labute approximate surface area is 138 Å². The minimum atomic E-state index is -0.371. The van der Waals surface area contributed by atoms with Crippen LogP contribution >= 0.6 is 0 Å². The molecule has 1 saturated heterocycles. The average Bonchev–Trinajstić information content (AvgIpc) is 3.25. The molecule has 1 N–H and O–H groups in total. The summed E-state index contributed by atoms with van der Waals surface area (Å²) in [6, 6.07) is 7.91. The normalized spacial score (nSPS) is 17.1. The van der Waals surface area contributed by atoms with Gasteiger partial charge in [-0.2, -0.15) is 0 Å². The van der Waals surface area contributed by atoms with Crippen molar-refractivity contribution in [2.45, 2.75) is 25.5 Å². The largest absolute Gasteiger partial charge is 0.376 e. The molecule has 7 heteroatoms. The molecule has 2 heterocycles. The van der Waals surface area contributed by atoms with Crippen molar-refractivity contribution >= 4 is 5.91 Å². The molecule has 1 aromatic carbocycles. The van der Waals surface area contributed by atoms with E-state index in [1.54, 1.807) is 24.3 Å². The van der Waals surface area contributed by atoms with Gasteiger partial charge in [-0.1, -0.05) is 17.3 Å². The number of ether oxygens (including phenoxy) is 2. The van der Waals surface area contributed by atoms with Gasteiger partial charge in [-0.25, -0.2) is 4.39 Å². The minimum Gasteiger partial charge on any atom is -0.376 e. The summed E-state index contributed by atoms with van der Waals surface area (Å²) in [4.78, 5) is 11.7. The van der Waals surface area contributed by atoms with Gasteiger partial charge in [0.2, 0.25) is 5.91 Å². The molecule has 1 aliphatic rings. The summed E-state index contributed by atoms with van der Waals surface area (Å²) in [6.45, 7) is 1.32. The van der Waals surface area contributed by atoms with E-state index < -0.39 is 0 Å². The van der Waals surface area contributed by atoms with Crippen LogP contribution in [0.15, 0.2) is 34.9 Å². The number of halogens is 1. The number of amides is 1. The fourth-order valence-corrected chi connectivity index (χ4v) is 2.49. The van der Waals surface area contributed by atoms with Gasteiger partial charge in [0.25, 0.3) is 0 Å². The van der Waals surface area contributed by atoms with Crippen LogP contribution < -0.4 is 5.32 Å². The molecule has 3 rings (SSSR count). The Balaban J connectivity index is 1.43. The third-order valence-electron chi connectivity index (χ3n) is 3.73. The van der Waals surface area contributed by atoms with Crippen LogP contribution in [0.25, 0.3) is 11.3 Å². The van der Waals surface area contributed by atoms with Crippen molar-refractivity contribution in [3.8, 4) is 11.3 Å². The molecule has 0 unspecified atom stereocenters. The summed E-state index contributed by atoms with van der Waals surface area (Å²) in [5, 5.41) is 6.50. The fraction of sp³-hybridized carbons (Fsp3) is 0.412. The molecular weight excluding hydrogens is 315 g/mol. The van der Waals surface area contributed by atoms with Crippen molar-refractivity contribution in [3.05, 3.63) is 41.9 Å². The van der Waals surface area contributed by atoms with Crippen LogP contribution in [0.4, 0.5) is 4.39 Å². The number of nitrogens with zero attached hydrogens (tertiary/aromatic N) is 1. The van der Waals surface area contributed by atoms with E-state index in [1.165, 1.54) is 6.07 Å². The summed E-state index contributed by atoms with van der Waals surface area (Å²) < 4.78 is 29.5. The molecule has 1 aromatic heterocycles. The van der Waals surface area contributed by atoms with Crippen molar-refractivity contribution in [1.82, 2.24) is 10.5 Å². The second-order valence-corrected chi connectivity index (χ2v) is 5.59. The SMILES string of the molecule is O=C(COC[C@H]1CCCO1)NCc1cc(-c2ccccc2F)no1. The first kappa shape index (κ1) is 16.6. The Kier molecular flexibility index (Phi) is 5.55. The van der Waals surface area contributed by atoms with Crippen LogP contribution in [-0.2, 0) is 20.8 Å². The first-order valence-electron chi connectivity index (χ1n) is 7.89. The van der Waals surface area contributed by atoms with E-state index in [4.69, 9.17) is 14.0 Å². The van der Waals surface area contributed by atoms with Gasteiger partial charge in [-0.15, -0.1) is 0 Å². The minimum absolute atomic E-state index is 0.0336. The molecule has 1 amide bonds. The number of nitrogens with one attached hydrogen (secondary N) is 1. The zero-order chi connectivity index (χ0) is 16.8. The van der Waals surface area contributed by atoms with Crippen LogP contribution in [0.5, 0.6) is 0 Å². The van der Waals surface area contributed by atoms with Gasteiger partial charge in [0.1, 0.15) is 18.1 Å². The number of aromatic nitrogens is 1. The van der Waals surface area contributed by atoms with Crippen molar-refractivity contribution < 1.29 is 23.2 Å². The highest BCUT2D eigenvalue weighted by Crippen LogP contribution is 2.21. The van der Waals surface area contributed by atoms with Gasteiger partial charge in [-0.3, -0.25) is 4.79 Å². The van der Waals surface area contributed by atoms with Crippen molar-refractivity contribution in [2.24, 2.45) is 0 Å². The van der Waals surface area contributed by atoms with Crippen LogP contribution in [0.3, 0.4) is 0 Å². The Morgan fingerprint density at radius 1 is 1.42 bits per heavy atom.